The van der Waals surface area contributed by atoms with Crippen molar-refractivity contribution in [3.63, 3.8) is 0 Å². The van der Waals surface area contributed by atoms with Crippen LogP contribution in [0.4, 0.5) is 5.69 Å². The molecule has 1 aromatic carbocycles. The highest BCUT2D eigenvalue weighted by atomic mass is 32.2. The number of nitrogens with zero attached hydrogens (tertiary/aromatic N) is 1. The molecule has 1 aliphatic heterocycles. The Morgan fingerprint density at radius 2 is 2.00 bits per heavy atom. The molecule has 0 amide bonds. The van der Waals surface area contributed by atoms with Gasteiger partial charge in [0.15, 0.2) is 0 Å². The Bertz CT molecular complexity index is 634. The Morgan fingerprint density at radius 3 is 2.52 bits per heavy atom. The van der Waals surface area contributed by atoms with Gasteiger partial charge in [0.05, 0.1) is 10.5 Å². The number of benzene rings is 1. The van der Waals surface area contributed by atoms with Gasteiger partial charge in [-0.15, -0.1) is 0 Å². The average molecular weight is 312 g/mol. The minimum Gasteiger partial charge on any atom is -0.478 e. The van der Waals surface area contributed by atoms with Crippen molar-refractivity contribution in [2.75, 3.05) is 18.8 Å². The fourth-order valence-corrected chi connectivity index (χ4v) is 4.31. The zero-order valence-corrected chi connectivity index (χ0v) is 12.8. The van der Waals surface area contributed by atoms with Crippen molar-refractivity contribution in [1.29, 1.82) is 0 Å². The van der Waals surface area contributed by atoms with Gasteiger partial charge in [-0.05, 0) is 37.0 Å². The lowest BCUT2D eigenvalue weighted by Crippen LogP contribution is -2.38. The maximum atomic E-state index is 12.7. The minimum absolute atomic E-state index is 0.218. The Kier molecular flexibility index (Phi) is 4.53. The molecule has 0 atom stereocenters. The van der Waals surface area contributed by atoms with E-state index in [4.69, 9.17) is 5.73 Å². The Hall–Kier alpha value is -1.60. The van der Waals surface area contributed by atoms with Crippen LogP contribution in [0.2, 0.25) is 0 Å². The van der Waals surface area contributed by atoms with Gasteiger partial charge in [0.1, 0.15) is 0 Å². The van der Waals surface area contributed by atoms with Crippen molar-refractivity contribution >= 4 is 21.7 Å². The third-order valence-corrected chi connectivity index (χ3v) is 5.94. The first kappa shape index (κ1) is 15.8. The number of carboxylic acids is 1. The second-order valence-electron chi connectivity index (χ2n) is 5.32. The van der Waals surface area contributed by atoms with Crippen LogP contribution >= 0.6 is 0 Å². The number of carbonyl (C=O) groups is 1. The van der Waals surface area contributed by atoms with Gasteiger partial charge in [-0.1, -0.05) is 13.3 Å². The SMILES string of the molecule is CCC1CCN(S(=O)(=O)c2cc(N)ccc2C(=O)O)CC1. The summed E-state index contributed by atoms with van der Waals surface area (Å²) in [5.41, 5.74) is 5.63. The van der Waals surface area contributed by atoms with Crippen LogP contribution in [0.15, 0.2) is 23.1 Å². The Morgan fingerprint density at radius 1 is 1.38 bits per heavy atom. The van der Waals surface area contributed by atoms with Gasteiger partial charge in [0, 0.05) is 18.8 Å². The van der Waals surface area contributed by atoms with Crippen molar-refractivity contribution in [2.24, 2.45) is 5.92 Å². The number of nitrogen functional groups attached to an aromatic ring is 1. The highest BCUT2D eigenvalue weighted by molar-refractivity contribution is 7.89. The largest absolute Gasteiger partial charge is 0.478 e. The second-order valence-corrected chi connectivity index (χ2v) is 7.22. The third kappa shape index (κ3) is 3.19. The van der Waals surface area contributed by atoms with Crippen molar-refractivity contribution in [3.05, 3.63) is 23.8 Å². The van der Waals surface area contributed by atoms with Crippen LogP contribution in [-0.4, -0.2) is 36.9 Å². The van der Waals surface area contributed by atoms with Crippen LogP contribution in [0.25, 0.3) is 0 Å². The lowest BCUT2D eigenvalue weighted by molar-refractivity contribution is 0.0692. The van der Waals surface area contributed by atoms with Crippen molar-refractivity contribution in [3.8, 4) is 0 Å². The Labute approximate surface area is 124 Å². The first-order valence-electron chi connectivity index (χ1n) is 6.99. The van der Waals surface area contributed by atoms with E-state index < -0.39 is 16.0 Å². The summed E-state index contributed by atoms with van der Waals surface area (Å²) in [6.45, 7) is 2.94. The molecule has 1 aliphatic rings. The standard InChI is InChI=1S/C14H20N2O4S/c1-2-10-5-7-16(8-6-10)21(19,20)13-9-11(15)3-4-12(13)14(17)18/h3-4,9-10H,2,5-8,15H2,1H3,(H,17,18). The molecule has 0 bridgehead atoms. The van der Waals surface area contributed by atoms with Crippen LogP contribution in [0.5, 0.6) is 0 Å². The molecule has 6 nitrogen and oxygen atoms in total. The predicted octanol–water partition coefficient (Wildman–Crippen LogP) is 1.78. The third-order valence-electron chi connectivity index (χ3n) is 4.00. The van der Waals surface area contributed by atoms with Crippen LogP contribution < -0.4 is 5.73 Å². The van der Waals surface area contributed by atoms with E-state index >= 15 is 0 Å². The minimum atomic E-state index is -3.82. The number of piperidine rings is 1. The summed E-state index contributed by atoms with van der Waals surface area (Å²) in [5, 5.41) is 9.17. The van der Waals surface area contributed by atoms with E-state index in [9.17, 15) is 18.3 Å². The van der Waals surface area contributed by atoms with Crippen molar-refractivity contribution in [2.45, 2.75) is 31.1 Å². The van der Waals surface area contributed by atoms with Gasteiger partial charge in [-0.2, -0.15) is 4.31 Å². The number of carboxylic acid groups (broad SMARTS) is 1. The van der Waals surface area contributed by atoms with E-state index in [-0.39, 0.29) is 16.1 Å². The molecule has 0 unspecified atom stereocenters. The fraction of sp³-hybridized carbons (Fsp3) is 0.500. The first-order valence-corrected chi connectivity index (χ1v) is 8.43. The van der Waals surface area contributed by atoms with Gasteiger partial charge in [-0.3, -0.25) is 0 Å². The number of rotatable bonds is 4. The molecule has 0 saturated carbocycles. The summed E-state index contributed by atoms with van der Waals surface area (Å²) in [5.74, 6) is -0.728. The Balaban J connectivity index is 2.36. The summed E-state index contributed by atoms with van der Waals surface area (Å²) in [7, 11) is -3.82. The van der Waals surface area contributed by atoms with E-state index in [0.29, 0.717) is 19.0 Å². The number of nitrogens with two attached hydrogens (primary N) is 1. The van der Waals surface area contributed by atoms with E-state index in [0.717, 1.165) is 19.3 Å². The number of hydrogen-bond acceptors (Lipinski definition) is 4. The smallest absolute Gasteiger partial charge is 0.337 e. The van der Waals surface area contributed by atoms with Gasteiger partial charge in [0.25, 0.3) is 0 Å². The van der Waals surface area contributed by atoms with Gasteiger partial charge < -0.3 is 10.8 Å². The molecule has 116 valence electrons. The molecule has 1 aromatic rings. The van der Waals surface area contributed by atoms with Crippen LogP contribution in [-0.2, 0) is 10.0 Å². The molecule has 0 radical (unpaired) electrons. The average Bonchev–Trinajstić information content (AvgIpc) is 2.47. The van der Waals surface area contributed by atoms with E-state index in [1.807, 2.05) is 0 Å². The van der Waals surface area contributed by atoms with Crippen LogP contribution in [0.3, 0.4) is 0 Å². The molecule has 2 rings (SSSR count). The van der Waals surface area contributed by atoms with E-state index in [2.05, 4.69) is 6.92 Å². The second kappa shape index (κ2) is 6.03. The van der Waals surface area contributed by atoms with Crippen molar-refractivity contribution in [1.82, 2.24) is 4.31 Å². The van der Waals surface area contributed by atoms with E-state index in [1.54, 1.807) is 0 Å². The summed E-state index contributed by atoms with van der Waals surface area (Å²) in [4.78, 5) is 11.0. The first-order chi connectivity index (χ1) is 9.86. The summed E-state index contributed by atoms with van der Waals surface area (Å²) < 4.78 is 26.7. The molecule has 1 saturated heterocycles. The summed E-state index contributed by atoms with van der Waals surface area (Å²) in [6, 6.07) is 3.86. The normalized spacial score (nSPS) is 17.8. The van der Waals surface area contributed by atoms with Crippen molar-refractivity contribution < 1.29 is 18.3 Å². The maximum Gasteiger partial charge on any atom is 0.337 e. The zero-order chi connectivity index (χ0) is 15.6. The topological polar surface area (TPSA) is 101 Å². The molecule has 0 aromatic heterocycles. The molecule has 7 heteroatoms. The van der Waals surface area contributed by atoms with Crippen LogP contribution in [0.1, 0.15) is 36.5 Å². The monoisotopic (exact) mass is 312 g/mol. The van der Waals surface area contributed by atoms with Crippen LogP contribution in [0, 0.1) is 5.92 Å². The predicted molar refractivity (Wildman–Crippen MR) is 79.6 cm³/mol. The number of sulfonamides is 1. The molecule has 1 fully saturated rings. The quantitative estimate of drug-likeness (QED) is 0.825. The summed E-state index contributed by atoms with van der Waals surface area (Å²) >= 11 is 0. The lowest BCUT2D eigenvalue weighted by Gasteiger charge is -2.31. The summed E-state index contributed by atoms with van der Waals surface area (Å²) in [6.07, 6.45) is 2.65. The van der Waals surface area contributed by atoms with Gasteiger partial charge in [0.2, 0.25) is 10.0 Å². The highest BCUT2D eigenvalue weighted by Crippen LogP contribution is 2.28. The molecule has 0 spiro atoms. The highest BCUT2D eigenvalue weighted by Gasteiger charge is 2.32. The molecular formula is C14H20N2O4S. The molecular weight excluding hydrogens is 292 g/mol. The molecule has 1 heterocycles. The number of hydrogen-bond donors (Lipinski definition) is 2. The molecule has 3 N–H and O–H groups in total. The molecule has 21 heavy (non-hydrogen) atoms. The number of anilines is 1. The molecule has 0 aliphatic carbocycles. The van der Waals surface area contributed by atoms with E-state index in [1.165, 1.54) is 22.5 Å². The lowest BCUT2D eigenvalue weighted by atomic mass is 9.96. The van der Waals surface area contributed by atoms with Gasteiger partial charge >= 0.3 is 5.97 Å². The zero-order valence-electron chi connectivity index (χ0n) is 11.9. The fourth-order valence-electron chi connectivity index (χ4n) is 2.63. The number of aromatic carboxylic acids is 1. The maximum absolute atomic E-state index is 12.7. The van der Waals surface area contributed by atoms with Gasteiger partial charge in [-0.25, -0.2) is 13.2 Å².